The molecule has 10 rings (SSSR count). The Morgan fingerprint density at radius 2 is 0.882 bits per heavy atom. The number of fused-ring (bicyclic) bond motifs is 5. The first-order valence-corrected chi connectivity index (χ1v) is 17.5. The molecule has 0 aliphatic carbocycles. The molecule has 51 heavy (non-hydrogen) atoms. The Morgan fingerprint density at radius 1 is 0.353 bits per heavy atom. The number of para-hydroxylation sites is 2. The van der Waals surface area contributed by atoms with E-state index < -0.39 is 5.41 Å². The fraction of sp³-hybridized carbons (Fsp3) is 0.0204. The van der Waals surface area contributed by atoms with E-state index in [1.54, 1.807) is 0 Å². The first kappa shape index (κ1) is 29.3. The molecule has 2 nitrogen and oxygen atoms in total. The van der Waals surface area contributed by atoms with Crippen LogP contribution in [0.25, 0.3) is 49.7 Å². The summed E-state index contributed by atoms with van der Waals surface area (Å²) in [6.45, 7) is 0. The molecule has 240 valence electrons. The minimum Gasteiger partial charge on any atom is -0.457 e. The van der Waals surface area contributed by atoms with Gasteiger partial charge in [-0.25, -0.2) is 0 Å². The van der Waals surface area contributed by atoms with E-state index >= 15 is 0 Å². The van der Waals surface area contributed by atoms with E-state index in [-0.39, 0.29) is 0 Å². The highest BCUT2D eigenvalue weighted by Gasteiger charge is 2.45. The van der Waals surface area contributed by atoms with Gasteiger partial charge in [0.1, 0.15) is 11.5 Å². The van der Waals surface area contributed by atoms with Crippen molar-refractivity contribution in [2.24, 2.45) is 0 Å². The predicted molar refractivity (Wildman–Crippen MR) is 210 cm³/mol. The van der Waals surface area contributed by atoms with Gasteiger partial charge >= 0.3 is 0 Å². The predicted octanol–water partition coefficient (Wildman–Crippen LogP) is 12.6. The van der Waals surface area contributed by atoms with Crippen LogP contribution in [0.1, 0.15) is 22.3 Å². The number of aromatic nitrogens is 1. The number of hydrogen-bond acceptors (Lipinski definition) is 1. The van der Waals surface area contributed by atoms with Crippen LogP contribution in [-0.2, 0) is 5.41 Å². The molecule has 0 atom stereocenters. The van der Waals surface area contributed by atoms with Crippen molar-refractivity contribution >= 4 is 21.8 Å². The van der Waals surface area contributed by atoms with E-state index in [1.807, 2.05) is 0 Å². The van der Waals surface area contributed by atoms with E-state index in [0.29, 0.717) is 0 Å². The lowest BCUT2D eigenvalue weighted by molar-refractivity contribution is 0.435. The minimum absolute atomic E-state index is 0.529. The molecule has 2 heteroatoms. The molecule has 1 aromatic heterocycles. The molecule has 9 aromatic rings. The maximum Gasteiger partial charge on any atom is 0.132 e. The smallest absolute Gasteiger partial charge is 0.132 e. The van der Waals surface area contributed by atoms with E-state index in [0.717, 1.165) is 39.4 Å². The van der Waals surface area contributed by atoms with Gasteiger partial charge in [-0.1, -0.05) is 158 Å². The quantitative estimate of drug-likeness (QED) is 0.181. The second-order valence-electron chi connectivity index (χ2n) is 13.3. The van der Waals surface area contributed by atoms with E-state index in [2.05, 4.69) is 205 Å². The summed E-state index contributed by atoms with van der Waals surface area (Å²) in [6, 6.07) is 72.0. The standard InChI is InChI=1S/C49H33NO/c1-4-14-34(15-5-1)35-24-28-40(29-25-35)50-45-22-12-10-20-41(45)42-32-36(27-31-46(42)50)37-26-30-44-48(33-37)51-47-23-13-11-21-43(47)49(44,38-16-6-2-7-17-38)39-18-8-3-9-19-39/h1-33H. The van der Waals surface area contributed by atoms with Crippen molar-refractivity contribution in [1.82, 2.24) is 4.57 Å². The summed E-state index contributed by atoms with van der Waals surface area (Å²) < 4.78 is 9.17. The van der Waals surface area contributed by atoms with Gasteiger partial charge in [-0.2, -0.15) is 0 Å². The van der Waals surface area contributed by atoms with Crippen LogP contribution in [0, 0.1) is 0 Å². The van der Waals surface area contributed by atoms with Gasteiger partial charge in [0.15, 0.2) is 0 Å². The van der Waals surface area contributed by atoms with Gasteiger partial charge in [0.25, 0.3) is 0 Å². The summed E-state index contributed by atoms with van der Waals surface area (Å²) in [7, 11) is 0. The highest BCUT2D eigenvalue weighted by molar-refractivity contribution is 6.10. The molecule has 1 aliphatic heterocycles. The molecule has 0 saturated heterocycles. The van der Waals surface area contributed by atoms with Crippen molar-refractivity contribution in [1.29, 1.82) is 0 Å². The lowest BCUT2D eigenvalue weighted by Gasteiger charge is -2.41. The highest BCUT2D eigenvalue weighted by Crippen LogP contribution is 2.55. The van der Waals surface area contributed by atoms with Crippen LogP contribution in [0.3, 0.4) is 0 Å². The summed E-state index contributed by atoms with van der Waals surface area (Å²) in [5.74, 6) is 1.76. The van der Waals surface area contributed by atoms with Gasteiger partial charge in [-0.05, 0) is 75.8 Å². The van der Waals surface area contributed by atoms with Crippen LogP contribution >= 0.6 is 0 Å². The summed E-state index contributed by atoms with van der Waals surface area (Å²) >= 11 is 0. The van der Waals surface area contributed by atoms with Gasteiger partial charge in [-0.3, -0.25) is 0 Å². The minimum atomic E-state index is -0.529. The van der Waals surface area contributed by atoms with E-state index in [9.17, 15) is 0 Å². The summed E-state index contributed by atoms with van der Waals surface area (Å²) in [5.41, 5.74) is 12.4. The number of ether oxygens (including phenoxy) is 1. The van der Waals surface area contributed by atoms with Crippen molar-refractivity contribution in [2.45, 2.75) is 5.41 Å². The normalized spacial score (nSPS) is 13.0. The molecule has 0 fully saturated rings. The van der Waals surface area contributed by atoms with Gasteiger partial charge in [0.2, 0.25) is 0 Å². The average molecular weight is 652 g/mol. The third-order valence-electron chi connectivity index (χ3n) is 10.5. The van der Waals surface area contributed by atoms with Crippen LogP contribution in [0.4, 0.5) is 0 Å². The largest absolute Gasteiger partial charge is 0.457 e. The lowest BCUT2D eigenvalue weighted by atomic mass is 9.63. The first-order valence-electron chi connectivity index (χ1n) is 17.5. The number of benzene rings is 8. The topological polar surface area (TPSA) is 14.2 Å². The lowest BCUT2D eigenvalue weighted by Crippen LogP contribution is -2.34. The van der Waals surface area contributed by atoms with Gasteiger partial charge in [0.05, 0.1) is 16.4 Å². The van der Waals surface area contributed by atoms with Crippen LogP contribution in [0.2, 0.25) is 0 Å². The fourth-order valence-corrected chi connectivity index (χ4v) is 8.25. The van der Waals surface area contributed by atoms with Crippen molar-refractivity contribution < 1.29 is 4.74 Å². The van der Waals surface area contributed by atoms with Crippen LogP contribution in [0.5, 0.6) is 11.5 Å². The van der Waals surface area contributed by atoms with Gasteiger partial charge < -0.3 is 9.30 Å². The van der Waals surface area contributed by atoms with Crippen LogP contribution in [-0.4, -0.2) is 4.57 Å². The average Bonchev–Trinajstić information content (AvgIpc) is 3.54. The third kappa shape index (κ3) is 4.57. The summed E-state index contributed by atoms with van der Waals surface area (Å²) in [5, 5.41) is 2.46. The van der Waals surface area contributed by atoms with E-state index in [4.69, 9.17) is 4.74 Å². The Kier molecular flexibility index (Phi) is 6.75. The molecule has 0 amide bonds. The first-order chi connectivity index (χ1) is 25.3. The molecule has 0 spiro atoms. The maximum absolute atomic E-state index is 6.79. The van der Waals surface area contributed by atoms with Crippen molar-refractivity contribution in [2.75, 3.05) is 0 Å². The van der Waals surface area contributed by atoms with Gasteiger partial charge in [-0.15, -0.1) is 0 Å². The molecule has 2 heterocycles. The zero-order chi connectivity index (χ0) is 33.8. The Labute approximate surface area is 297 Å². The molecule has 0 unspecified atom stereocenters. The van der Waals surface area contributed by atoms with Gasteiger partial charge in [0, 0.05) is 27.6 Å². The number of hydrogen-bond donors (Lipinski definition) is 0. The van der Waals surface area contributed by atoms with Crippen LogP contribution < -0.4 is 4.74 Å². The Hall–Kier alpha value is -6.64. The zero-order valence-corrected chi connectivity index (χ0v) is 27.9. The SMILES string of the molecule is c1ccc(-c2ccc(-n3c4ccccc4c4cc(-c5ccc6c(c5)Oc5ccccc5C6(c5ccccc5)c5ccccc5)ccc43)cc2)cc1. The zero-order valence-electron chi connectivity index (χ0n) is 27.9. The van der Waals surface area contributed by atoms with Crippen LogP contribution in [0.15, 0.2) is 200 Å². The summed E-state index contributed by atoms with van der Waals surface area (Å²) in [4.78, 5) is 0. The number of nitrogens with zero attached hydrogens (tertiary/aromatic N) is 1. The van der Waals surface area contributed by atoms with Crippen molar-refractivity contribution in [3.63, 3.8) is 0 Å². The molecule has 1 aliphatic rings. The molecule has 0 bridgehead atoms. The maximum atomic E-state index is 6.79. The number of rotatable bonds is 5. The highest BCUT2D eigenvalue weighted by atomic mass is 16.5. The monoisotopic (exact) mass is 651 g/mol. The molecular weight excluding hydrogens is 619 g/mol. The third-order valence-corrected chi connectivity index (χ3v) is 10.5. The second kappa shape index (κ2) is 11.8. The Bertz CT molecular complexity index is 2650. The fourth-order valence-electron chi connectivity index (χ4n) is 8.25. The Morgan fingerprint density at radius 3 is 1.63 bits per heavy atom. The van der Waals surface area contributed by atoms with Crippen molar-refractivity contribution in [3.8, 4) is 39.4 Å². The van der Waals surface area contributed by atoms with Crippen molar-refractivity contribution in [3.05, 3.63) is 222 Å². The second-order valence-corrected chi connectivity index (χ2v) is 13.3. The van der Waals surface area contributed by atoms with E-state index in [1.165, 1.54) is 44.1 Å². The Balaban J connectivity index is 1.13. The summed E-state index contributed by atoms with van der Waals surface area (Å²) in [6.07, 6.45) is 0. The molecular formula is C49H33NO. The molecule has 0 radical (unpaired) electrons. The molecule has 0 saturated carbocycles. The molecule has 8 aromatic carbocycles. The molecule has 0 N–H and O–H groups in total.